The smallest absolute Gasteiger partial charge is 0.261 e. The largest absolute Gasteiger partial charge is 0.467 e. The first-order chi connectivity index (χ1) is 13.5. The molecule has 3 aromatic rings. The van der Waals surface area contributed by atoms with Crippen molar-refractivity contribution in [1.82, 2.24) is 4.90 Å². The predicted octanol–water partition coefficient (Wildman–Crippen LogP) is 3.66. The van der Waals surface area contributed by atoms with Gasteiger partial charge in [0.15, 0.2) is 0 Å². The van der Waals surface area contributed by atoms with Crippen LogP contribution in [0.4, 0.5) is 5.69 Å². The van der Waals surface area contributed by atoms with Crippen molar-refractivity contribution in [2.45, 2.75) is 13.5 Å². The molecule has 4 rings (SSSR count). The van der Waals surface area contributed by atoms with Gasteiger partial charge < -0.3 is 9.32 Å². The van der Waals surface area contributed by atoms with E-state index in [4.69, 9.17) is 4.42 Å². The number of anilines is 1. The van der Waals surface area contributed by atoms with Crippen LogP contribution >= 0.6 is 0 Å². The third-order valence-electron chi connectivity index (χ3n) is 4.84. The summed E-state index contributed by atoms with van der Waals surface area (Å²) in [4.78, 5) is 40.8. The minimum Gasteiger partial charge on any atom is -0.467 e. The molecule has 1 aromatic heterocycles. The number of carbonyl (C=O) groups is 3. The van der Waals surface area contributed by atoms with E-state index >= 15 is 0 Å². The van der Waals surface area contributed by atoms with E-state index in [2.05, 4.69) is 0 Å². The number of benzene rings is 2. The Morgan fingerprint density at radius 1 is 1.00 bits per heavy atom. The molecule has 6 nitrogen and oxygen atoms in total. The van der Waals surface area contributed by atoms with Crippen molar-refractivity contribution < 1.29 is 18.8 Å². The Hall–Kier alpha value is -3.67. The van der Waals surface area contributed by atoms with Gasteiger partial charge in [-0.25, -0.2) is 0 Å². The molecule has 140 valence electrons. The van der Waals surface area contributed by atoms with Crippen LogP contribution in [0.3, 0.4) is 0 Å². The van der Waals surface area contributed by atoms with Gasteiger partial charge in [0.1, 0.15) is 5.76 Å². The third-order valence-corrected chi connectivity index (χ3v) is 4.84. The number of aryl methyl sites for hydroxylation is 1. The summed E-state index contributed by atoms with van der Waals surface area (Å²) in [6.07, 6.45) is 1.49. The van der Waals surface area contributed by atoms with Gasteiger partial charge in [-0.3, -0.25) is 19.3 Å². The fraction of sp³-hybridized carbons (Fsp3) is 0.136. The molecule has 0 N–H and O–H groups in total. The first kappa shape index (κ1) is 17.7. The summed E-state index contributed by atoms with van der Waals surface area (Å²) in [5, 5.41) is 0. The average Bonchev–Trinajstić information content (AvgIpc) is 3.30. The maximum absolute atomic E-state index is 12.9. The zero-order valence-electron chi connectivity index (χ0n) is 15.5. The average molecular weight is 374 g/mol. The summed E-state index contributed by atoms with van der Waals surface area (Å²) >= 11 is 0. The van der Waals surface area contributed by atoms with Crippen molar-refractivity contribution in [2.24, 2.45) is 0 Å². The zero-order chi connectivity index (χ0) is 19.8. The molecule has 0 unspecified atom stereocenters. The lowest BCUT2D eigenvalue weighted by Gasteiger charge is -2.18. The number of hydrogen-bond donors (Lipinski definition) is 0. The van der Waals surface area contributed by atoms with Gasteiger partial charge in [-0.05, 0) is 49.4 Å². The molecular formula is C22H18N2O4. The highest BCUT2D eigenvalue weighted by Crippen LogP contribution is 2.27. The molecule has 0 saturated heterocycles. The fourth-order valence-electron chi connectivity index (χ4n) is 3.21. The van der Waals surface area contributed by atoms with Crippen molar-refractivity contribution in [1.29, 1.82) is 0 Å². The Morgan fingerprint density at radius 2 is 1.71 bits per heavy atom. The Labute approximate surface area is 162 Å². The molecule has 0 spiro atoms. The van der Waals surface area contributed by atoms with Crippen LogP contribution in [-0.2, 0) is 6.54 Å². The van der Waals surface area contributed by atoms with Crippen molar-refractivity contribution in [3.05, 3.63) is 88.9 Å². The molecule has 1 aliphatic rings. The van der Waals surface area contributed by atoms with E-state index in [-0.39, 0.29) is 23.9 Å². The number of carbonyl (C=O) groups excluding carboxylic acids is 3. The lowest BCUT2D eigenvalue weighted by atomic mass is 10.0. The molecule has 2 aromatic carbocycles. The quantitative estimate of drug-likeness (QED) is 0.654. The maximum atomic E-state index is 12.9. The highest BCUT2D eigenvalue weighted by molar-refractivity contribution is 6.22. The molecule has 0 atom stereocenters. The van der Waals surface area contributed by atoms with E-state index in [0.717, 1.165) is 16.2 Å². The van der Waals surface area contributed by atoms with Crippen LogP contribution in [0.2, 0.25) is 0 Å². The lowest BCUT2D eigenvalue weighted by Crippen LogP contribution is -2.29. The van der Waals surface area contributed by atoms with E-state index in [1.54, 1.807) is 25.2 Å². The van der Waals surface area contributed by atoms with Crippen molar-refractivity contribution in [2.75, 3.05) is 11.9 Å². The van der Waals surface area contributed by atoms with Gasteiger partial charge in [0.2, 0.25) is 0 Å². The van der Waals surface area contributed by atoms with Crippen LogP contribution < -0.4 is 4.90 Å². The van der Waals surface area contributed by atoms with Gasteiger partial charge in [0, 0.05) is 18.3 Å². The number of amides is 3. The van der Waals surface area contributed by atoms with Crippen LogP contribution in [0.25, 0.3) is 0 Å². The number of hydrogen-bond acceptors (Lipinski definition) is 4. The molecule has 28 heavy (non-hydrogen) atoms. The summed E-state index contributed by atoms with van der Waals surface area (Å²) in [6, 6.07) is 15.6. The Morgan fingerprint density at radius 3 is 2.39 bits per heavy atom. The molecule has 0 aliphatic carbocycles. The Kier molecular flexibility index (Phi) is 4.31. The van der Waals surface area contributed by atoms with Gasteiger partial charge in [-0.1, -0.05) is 17.7 Å². The summed E-state index contributed by atoms with van der Waals surface area (Å²) in [6.45, 7) is 2.04. The molecule has 0 bridgehead atoms. The molecule has 2 heterocycles. The Bertz CT molecular complexity index is 1070. The molecule has 0 radical (unpaired) electrons. The second-order valence-electron chi connectivity index (χ2n) is 6.74. The van der Waals surface area contributed by atoms with Crippen LogP contribution in [0, 0.1) is 6.92 Å². The van der Waals surface area contributed by atoms with Crippen molar-refractivity contribution in [3.63, 3.8) is 0 Å². The topological polar surface area (TPSA) is 70.8 Å². The van der Waals surface area contributed by atoms with Gasteiger partial charge in [0.25, 0.3) is 17.7 Å². The molecule has 0 fully saturated rings. The minimum atomic E-state index is -0.427. The summed E-state index contributed by atoms with van der Waals surface area (Å²) in [5.41, 5.74) is 2.73. The molecule has 1 aliphatic heterocycles. The fourth-order valence-corrected chi connectivity index (χ4v) is 3.21. The van der Waals surface area contributed by atoms with E-state index < -0.39 is 5.91 Å². The van der Waals surface area contributed by atoms with E-state index in [1.807, 2.05) is 31.2 Å². The number of fused-ring (bicyclic) bond motifs is 1. The lowest BCUT2D eigenvalue weighted by molar-refractivity contribution is 0.0631. The molecular weight excluding hydrogens is 356 g/mol. The highest BCUT2D eigenvalue weighted by atomic mass is 16.3. The van der Waals surface area contributed by atoms with Crippen LogP contribution in [0.15, 0.2) is 65.3 Å². The molecule has 3 amide bonds. The number of furan rings is 1. The van der Waals surface area contributed by atoms with Crippen molar-refractivity contribution in [3.8, 4) is 0 Å². The number of rotatable bonds is 4. The molecule has 0 saturated carbocycles. The normalized spacial score (nSPS) is 13.0. The van der Waals surface area contributed by atoms with Gasteiger partial charge in [-0.15, -0.1) is 0 Å². The van der Waals surface area contributed by atoms with Crippen LogP contribution in [-0.4, -0.2) is 29.7 Å². The SMILES string of the molecule is Cc1ccc(N(C)C(=O)c2ccc3c(c2)C(=O)N(Cc2ccco2)C3=O)cc1. The Balaban J connectivity index is 1.60. The summed E-state index contributed by atoms with van der Waals surface area (Å²) < 4.78 is 5.23. The second-order valence-corrected chi connectivity index (χ2v) is 6.74. The van der Waals surface area contributed by atoms with Crippen molar-refractivity contribution >= 4 is 23.4 Å². The summed E-state index contributed by atoms with van der Waals surface area (Å²) in [7, 11) is 1.68. The number of imide groups is 1. The van der Waals surface area contributed by atoms with Gasteiger partial charge in [-0.2, -0.15) is 0 Å². The first-order valence-corrected chi connectivity index (χ1v) is 8.83. The van der Waals surface area contributed by atoms with Gasteiger partial charge >= 0.3 is 0 Å². The first-order valence-electron chi connectivity index (χ1n) is 8.83. The van der Waals surface area contributed by atoms with E-state index in [0.29, 0.717) is 16.9 Å². The van der Waals surface area contributed by atoms with Crippen LogP contribution in [0.1, 0.15) is 42.4 Å². The maximum Gasteiger partial charge on any atom is 0.261 e. The summed E-state index contributed by atoms with van der Waals surface area (Å²) in [5.74, 6) is -0.548. The van der Waals surface area contributed by atoms with Gasteiger partial charge in [0.05, 0.1) is 23.9 Å². The monoisotopic (exact) mass is 374 g/mol. The van der Waals surface area contributed by atoms with Crippen LogP contribution in [0.5, 0.6) is 0 Å². The zero-order valence-corrected chi connectivity index (χ0v) is 15.5. The molecule has 6 heteroatoms. The highest BCUT2D eigenvalue weighted by Gasteiger charge is 2.36. The third kappa shape index (κ3) is 2.99. The minimum absolute atomic E-state index is 0.0614. The standard InChI is InChI=1S/C22H18N2O4/c1-14-5-8-16(9-6-14)23(2)20(25)15-7-10-18-19(12-15)22(27)24(21(18)26)13-17-4-3-11-28-17/h3-12H,13H2,1-2H3. The second kappa shape index (κ2) is 6.81. The number of nitrogens with zero attached hydrogens (tertiary/aromatic N) is 2. The van der Waals surface area contributed by atoms with E-state index in [9.17, 15) is 14.4 Å². The predicted molar refractivity (Wildman–Crippen MR) is 103 cm³/mol. The van der Waals surface area contributed by atoms with E-state index in [1.165, 1.54) is 23.3 Å².